The van der Waals surface area contributed by atoms with Crippen LogP contribution in [0.5, 0.6) is 0 Å². The lowest BCUT2D eigenvalue weighted by atomic mass is 9.85. The van der Waals surface area contributed by atoms with E-state index in [0.29, 0.717) is 31.2 Å². The second-order valence-electron chi connectivity index (χ2n) is 10.2. The number of carbonyl (C=O) groups is 1. The Labute approximate surface area is 219 Å². The molecule has 0 radical (unpaired) electrons. The van der Waals surface area contributed by atoms with Gasteiger partial charge in [0.15, 0.2) is 0 Å². The number of aromatic amines is 1. The molecule has 1 saturated heterocycles. The third-order valence-electron chi connectivity index (χ3n) is 7.62. The Kier molecular flexibility index (Phi) is 7.27. The van der Waals surface area contributed by atoms with Gasteiger partial charge in [0.2, 0.25) is 15.9 Å². The maximum Gasteiger partial charge on any atom is 0.405 e. The van der Waals surface area contributed by atoms with Crippen molar-refractivity contribution in [1.29, 1.82) is 0 Å². The summed E-state index contributed by atoms with van der Waals surface area (Å²) in [7, 11) is -3.80. The molecule has 0 bridgehead atoms. The predicted molar refractivity (Wildman–Crippen MR) is 139 cm³/mol. The summed E-state index contributed by atoms with van der Waals surface area (Å²) in [6.45, 7) is 1.97. The van der Waals surface area contributed by atoms with E-state index in [0.717, 1.165) is 22.2 Å². The van der Waals surface area contributed by atoms with E-state index in [2.05, 4.69) is 15.0 Å². The average Bonchev–Trinajstić information content (AvgIpc) is 3.32. The largest absolute Gasteiger partial charge is 0.405 e. The van der Waals surface area contributed by atoms with Crippen molar-refractivity contribution in [3.8, 4) is 11.3 Å². The molecule has 0 spiro atoms. The van der Waals surface area contributed by atoms with E-state index in [9.17, 15) is 26.4 Å². The summed E-state index contributed by atoms with van der Waals surface area (Å²) in [6.07, 6.45) is -2.64. The first kappa shape index (κ1) is 26.7. The standard InChI is InChI=1S/C27H31F3N4O3S/c1-17-4-2-3-5-22(17)24-14-19-8-11-21(15-23(19)32-24)38(36,37)33-20-9-6-18(7-10-20)26(35)34-13-12-31-25(16-34)27(28,29)30/h2-5,8,11,14-15,18,20,25,31-33H,6-7,9-10,12-13,16H2,1H3. The van der Waals surface area contributed by atoms with Gasteiger partial charge in [-0.2, -0.15) is 13.2 Å². The van der Waals surface area contributed by atoms with E-state index in [1.807, 2.05) is 37.3 Å². The van der Waals surface area contributed by atoms with E-state index in [1.54, 1.807) is 18.2 Å². The Morgan fingerprint density at radius 1 is 1.05 bits per heavy atom. The highest BCUT2D eigenvalue weighted by Gasteiger charge is 2.43. The van der Waals surface area contributed by atoms with Crippen molar-refractivity contribution in [2.75, 3.05) is 19.6 Å². The Hall–Kier alpha value is -2.89. The number of aryl methyl sites for hydroxylation is 1. The molecule has 1 aliphatic carbocycles. The number of amides is 1. The fraction of sp³-hybridized carbons (Fsp3) is 0.444. The summed E-state index contributed by atoms with van der Waals surface area (Å²) >= 11 is 0. The van der Waals surface area contributed by atoms with Crippen molar-refractivity contribution < 1.29 is 26.4 Å². The van der Waals surface area contributed by atoms with E-state index in [1.165, 1.54) is 4.90 Å². The summed E-state index contributed by atoms with van der Waals surface area (Å²) in [4.78, 5) is 17.6. The molecule has 1 unspecified atom stereocenters. The van der Waals surface area contributed by atoms with E-state index in [4.69, 9.17) is 0 Å². The van der Waals surface area contributed by atoms with Crippen LogP contribution in [-0.4, -0.2) is 62.1 Å². The fourth-order valence-electron chi connectivity index (χ4n) is 5.47. The lowest BCUT2D eigenvalue weighted by Gasteiger charge is -2.38. The van der Waals surface area contributed by atoms with Gasteiger partial charge in [-0.15, -0.1) is 0 Å². The van der Waals surface area contributed by atoms with Crippen molar-refractivity contribution in [2.45, 2.75) is 55.8 Å². The minimum atomic E-state index is -4.40. The van der Waals surface area contributed by atoms with Crippen LogP contribution in [0.2, 0.25) is 0 Å². The predicted octanol–water partition coefficient (Wildman–Crippen LogP) is 4.34. The average molecular weight is 549 g/mol. The highest BCUT2D eigenvalue weighted by Crippen LogP contribution is 2.31. The number of hydrogen-bond donors (Lipinski definition) is 3. The number of alkyl halides is 3. The molecule has 2 aliphatic rings. The van der Waals surface area contributed by atoms with Gasteiger partial charge in [-0.1, -0.05) is 30.3 Å². The Morgan fingerprint density at radius 2 is 1.79 bits per heavy atom. The number of carbonyl (C=O) groups excluding carboxylic acids is 1. The van der Waals surface area contributed by atoms with Crippen LogP contribution in [-0.2, 0) is 14.8 Å². The monoisotopic (exact) mass is 548 g/mol. The second-order valence-corrected chi connectivity index (χ2v) is 12.0. The molecule has 2 fully saturated rings. The maximum absolute atomic E-state index is 13.2. The number of fused-ring (bicyclic) bond motifs is 1. The molecule has 5 rings (SSSR count). The zero-order valence-corrected chi connectivity index (χ0v) is 21.8. The molecule has 1 aromatic heterocycles. The topological polar surface area (TPSA) is 94.3 Å². The molecular formula is C27H31F3N4O3S. The van der Waals surface area contributed by atoms with Gasteiger partial charge in [-0.25, -0.2) is 13.1 Å². The Morgan fingerprint density at radius 3 is 2.50 bits per heavy atom. The number of rotatable bonds is 5. The molecule has 1 amide bonds. The minimum absolute atomic E-state index is 0.0999. The lowest BCUT2D eigenvalue weighted by molar-refractivity contribution is -0.169. The highest BCUT2D eigenvalue weighted by atomic mass is 32.2. The summed E-state index contributed by atoms with van der Waals surface area (Å²) in [5.41, 5.74) is 3.79. The normalized spacial score (nSPS) is 23.1. The van der Waals surface area contributed by atoms with Crippen molar-refractivity contribution in [2.24, 2.45) is 5.92 Å². The molecule has 204 valence electrons. The third-order valence-corrected chi connectivity index (χ3v) is 9.14. The Bertz CT molecular complexity index is 1430. The van der Waals surface area contributed by atoms with Crippen molar-refractivity contribution in [3.63, 3.8) is 0 Å². The zero-order chi connectivity index (χ0) is 27.1. The van der Waals surface area contributed by atoms with Crippen LogP contribution in [0, 0.1) is 12.8 Å². The second kappa shape index (κ2) is 10.3. The van der Waals surface area contributed by atoms with Gasteiger partial charge in [0.1, 0.15) is 6.04 Å². The van der Waals surface area contributed by atoms with Crippen LogP contribution in [0.3, 0.4) is 0 Å². The van der Waals surface area contributed by atoms with E-state index >= 15 is 0 Å². The molecule has 1 aliphatic heterocycles. The Balaban J connectivity index is 1.21. The summed E-state index contributed by atoms with van der Waals surface area (Å²) in [6, 6.07) is 12.9. The quantitative estimate of drug-likeness (QED) is 0.442. The van der Waals surface area contributed by atoms with Crippen molar-refractivity contribution in [1.82, 2.24) is 19.9 Å². The first-order valence-corrected chi connectivity index (χ1v) is 14.3. The number of halogens is 3. The number of aromatic nitrogens is 1. The third kappa shape index (κ3) is 5.60. The van der Waals surface area contributed by atoms with Crippen molar-refractivity contribution in [3.05, 3.63) is 54.1 Å². The van der Waals surface area contributed by atoms with Crippen LogP contribution in [0.25, 0.3) is 22.2 Å². The van der Waals surface area contributed by atoms with Gasteiger partial charge in [0, 0.05) is 53.8 Å². The van der Waals surface area contributed by atoms with Gasteiger partial charge < -0.3 is 15.2 Å². The molecule has 11 heteroatoms. The molecule has 3 aromatic rings. The first-order chi connectivity index (χ1) is 18.0. The smallest absolute Gasteiger partial charge is 0.354 e. The molecule has 3 N–H and O–H groups in total. The molecule has 7 nitrogen and oxygen atoms in total. The molecule has 1 atom stereocenters. The molecule has 38 heavy (non-hydrogen) atoms. The number of benzene rings is 2. The molecule has 2 heterocycles. The van der Waals surface area contributed by atoms with E-state index < -0.39 is 28.2 Å². The molecule has 1 saturated carbocycles. The van der Waals surface area contributed by atoms with Crippen LogP contribution >= 0.6 is 0 Å². The molecule has 2 aromatic carbocycles. The number of piperazine rings is 1. The van der Waals surface area contributed by atoms with Gasteiger partial charge in [-0.05, 0) is 56.4 Å². The lowest BCUT2D eigenvalue weighted by Crippen LogP contribution is -2.59. The maximum atomic E-state index is 13.2. The van der Waals surface area contributed by atoms with Gasteiger partial charge in [0.25, 0.3) is 0 Å². The number of nitrogens with zero attached hydrogens (tertiary/aromatic N) is 1. The fourth-order valence-corrected chi connectivity index (χ4v) is 6.80. The number of sulfonamides is 1. The van der Waals surface area contributed by atoms with Gasteiger partial charge >= 0.3 is 6.18 Å². The highest BCUT2D eigenvalue weighted by molar-refractivity contribution is 7.89. The van der Waals surface area contributed by atoms with Crippen molar-refractivity contribution >= 4 is 26.8 Å². The van der Waals surface area contributed by atoms with Gasteiger partial charge in [0.05, 0.1) is 4.90 Å². The zero-order valence-electron chi connectivity index (χ0n) is 21.0. The summed E-state index contributed by atoms with van der Waals surface area (Å²) in [5.74, 6) is -0.665. The van der Waals surface area contributed by atoms with E-state index in [-0.39, 0.29) is 36.5 Å². The first-order valence-electron chi connectivity index (χ1n) is 12.8. The van der Waals surface area contributed by atoms with Crippen LogP contribution in [0.1, 0.15) is 31.2 Å². The number of H-pyrrole nitrogens is 1. The van der Waals surface area contributed by atoms with Crippen LogP contribution in [0.4, 0.5) is 13.2 Å². The number of nitrogens with one attached hydrogen (secondary N) is 3. The van der Waals surface area contributed by atoms with Crippen LogP contribution < -0.4 is 10.0 Å². The summed E-state index contributed by atoms with van der Waals surface area (Å²) < 4.78 is 68.3. The number of hydrogen-bond acceptors (Lipinski definition) is 4. The minimum Gasteiger partial charge on any atom is -0.354 e. The summed E-state index contributed by atoms with van der Waals surface area (Å²) in [5, 5.41) is 3.32. The SMILES string of the molecule is Cc1ccccc1-c1cc2ccc(S(=O)(=O)NC3CCC(C(=O)N4CCNC(C(F)(F)F)C4)CC3)cc2[nH]1. The van der Waals surface area contributed by atoms with Crippen LogP contribution in [0.15, 0.2) is 53.4 Å². The van der Waals surface area contributed by atoms with Gasteiger partial charge in [-0.3, -0.25) is 4.79 Å². The molecular weight excluding hydrogens is 517 g/mol.